The number of nitrogens with zero attached hydrogens (tertiary/aromatic N) is 2. The van der Waals surface area contributed by atoms with Gasteiger partial charge in [0.25, 0.3) is 0 Å². The Balaban J connectivity index is 2.44. The summed E-state index contributed by atoms with van der Waals surface area (Å²) in [7, 11) is 0. The fourth-order valence-electron chi connectivity index (χ4n) is 2.46. The summed E-state index contributed by atoms with van der Waals surface area (Å²) in [6, 6.07) is 2.94. The van der Waals surface area contributed by atoms with E-state index >= 15 is 0 Å². The highest BCUT2D eigenvalue weighted by Gasteiger charge is 2.29. The highest BCUT2D eigenvalue weighted by atomic mass is 15.2. The van der Waals surface area contributed by atoms with Crippen molar-refractivity contribution < 1.29 is 0 Å². The normalized spacial score (nSPS) is 22.6. The number of nitriles is 1. The van der Waals surface area contributed by atoms with Gasteiger partial charge in [0, 0.05) is 6.04 Å². The smallest absolute Gasteiger partial charge is 0.105 e. The third-order valence-electron chi connectivity index (χ3n) is 3.48. The molecule has 0 aromatic heterocycles. The quantitative estimate of drug-likeness (QED) is 0.750. The molecule has 0 aromatic rings. The molecule has 2 unspecified atom stereocenters. The average Bonchev–Trinajstić information content (AvgIpc) is 2.80. The first-order valence-corrected chi connectivity index (χ1v) is 6.51. The van der Waals surface area contributed by atoms with E-state index in [1.165, 1.54) is 25.9 Å². The fraction of sp³-hybridized carbons (Fsp3) is 0.923. The lowest BCUT2D eigenvalue weighted by Gasteiger charge is -2.31. The maximum Gasteiger partial charge on any atom is 0.105 e. The Morgan fingerprint density at radius 1 is 1.44 bits per heavy atom. The van der Waals surface area contributed by atoms with Gasteiger partial charge in [0.05, 0.1) is 6.07 Å². The van der Waals surface area contributed by atoms with E-state index in [4.69, 9.17) is 0 Å². The minimum absolute atomic E-state index is 0.363. The van der Waals surface area contributed by atoms with Crippen LogP contribution in [0.25, 0.3) is 0 Å². The van der Waals surface area contributed by atoms with Gasteiger partial charge in [-0.1, -0.05) is 6.92 Å². The van der Waals surface area contributed by atoms with Gasteiger partial charge in [-0.2, -0.15) is 5.26 Å². The molecule has 1 N–H and O–H groups in total. The standard InChI is InChI=1S/C13H25N3/c1-4-7-15-13(3,11-14)10-12(2)16-8-5-6-9-16/h12,15H,4-10H2,1-3H3. The van der Waals surface area contributed by atoms with Gasteiger partial charge in [-0.25, -0.2) is 0 Å². The van der Waals surface area contributed by atoms with Gasteiger partial charge in [0.1, 0.15) is 5.54 Å². The molecule has 1 fully saturated rings. The van der Waals surface area contributed by atoms with Gasteiger partial charge in [-0.05, 0) is 59.2 Å². The van der Waals surface area contributed by atoms with Crippen LogP contribution in [-0.4, -0.2) is 36.1 Å². The number of likely N-dealkylation sites (tertiary alicyclic amines) is 1. The monoisotopic (exact) mass is 223 g/mol. The first-order chi connectivity index (χ1) is 7.61. The Kier molecular flexibility index (Phi) is 5.24. The molecule has 2 atom stereocenters. The average molecular weight is 223 g/mol. The zero-order chi connectivity index (χ0) is 12.0. The highest BCUT2D eigenvalue weighted by Crippen LogP contribution is 2.19. The van der Waals surface area contributed by atoms with Crippen LogP contribution in [0.15, 0.2) is 0 Å². The second-order valence-corrected chi connectivity index (χ2v) is 5.17. The summed E-state index contributed by atoms with van der Waals surface area (Å²) in [6.45, 7) is 9.74. The molecular formula is C13H25N3. The molecule has 1 aliphatic heterocycles. The summed E-state index contributed by atoms with van der Waals surface area (Å²) in [4.78, 5) is 2.50. The zero-order valence-corrected chi connectivity index (χ0v) is 10.9. The van der Waals surface area contributed by atoms with Crippen LogP contribution in [0.3, 0.4) is 0 Å². The van der Waals surface area contributed by atoms with E-state index in [-0.39, 0.29) is 5.54 Å². The number of hydrogen-bond acceptors (Lipinski definition) is 3. The van der Waals surface area contributed by atoms with Gasteiger partial charge in [0.15, 0.2) is 0 Å². The lowest BCUT2D eigenvalue weighted by molar-refractivity contribution is 0.213. The summed E-state index contributed by atoms with van der Waals surface area (Å²) in [5, 5.41) is 12.6. The van der Waals surface area contributed by atoms with Crippen molar-refractivity contribution in [2.24, 2.45) is 0 Å². The molecule has 0 radical (unpaired) electrons. The molecule has 3 heteroatoms. The number of nitrogens with one attached hydrogen (secondary N) is 1. The number of rotatable bonds is 6. The van der Waals surface area contributed by atoms with Crippen LogP contribution >= 0.6 is 0 Å². The lowest BCUT2D eigenvalue weighted by Crippen LogP contribution is -2.47. The molecule has 0 spiro atoms. The Labute approximate surface area is 99.8 Å². The van der Waals surface area contributed by atoms with Crippen molar-refractivity contribution in [2.45, 2.75) is 58.0 Å². The SMILES string of the molecule is CCCNC(C)(C#N)CC(C)N1CCCC1. The molecule has 0 bridgehead atoms. The zero-order valence-electron chi connectivity index (χ0n) is 10.9. The lowest BCUT2D eigenvalue weighted by atomic mass is 9.94. The van der Waals surface area contributed by atoms with Crippen molar-refractivity contribution in [2.75, 3.05) is 19.6 Å². The van der Waals surface area contributed by atoms with E-state index in [1.54, 1.807) is 0 Å². The molecule has 0 amide bonds. The molecule has 1 saturated heterocycles. The summed E-state index contributed by atoms with van der Waals surface area (Å²) in [5.74, 6) is 0. The molecule has 1 rings (SSSR count). The highest BCUT2D eigenvalue weighted by molar-refractivity contribution is 5.05. The van der Waals surface area contributed by atoms with Crippen LogP contribution in [0, 0.1) is 11.3 Å². The van der Waals surface area contributed by atoms with Crippen molar-refractivity contribution in [3.05, 3.63) is 0 Å². The Morgan fingerprint density at radius 3 is 2.56 bits per heavy atom. The van der Waals surface area contributed by atoms with Gasteiger partial charge < -0.3 is 4.90 Å². The van der Waals surface area contributed by atoms with Crippen molar-refractivity contribution in [3.63, 3.8) is 0 Å². The van der Waals surface area contributed by atoms with Crippen molar-refractivity contribution in [1.82, 2.24) is 10.2 Å². The Morgan fingerprint density at radius 2 is 2.06 bits per heavy atom. The molecule has 0 saturated carbocycles. The predicted octanol–water partition coefficient (Wildman–Crippen LogP) is 2.14. The minimum Gasteiger partial charge on any atom is -0.301 e. The van der Waals surface area contributed by atoms with Gasteiger partial charge in [-0.15, -0.1) is 0 Å². The van der Waals surface area contributed by atoms with E-state index in [0.717, 1.165) is 19.4 Å². The third kappa shape index (κ3) is 3.77. The minimum atomic E-state index is -0.363. The molecule has 3 nitrogen and oxygen atoms in total. The Bertz CT molecular complexity index is 240. The van der Waals surface area contributed by atoms with Crippen LogP contribution in [0.1, 0.15) is 46.5 Å². The van der Waals surface area contributed by atoms with Crippen LogP contribution in [0.2, 0.25) is 0 Å². The maximum atomic E-state index is 9.27. The largest absolute Gasteiger partial charge is 0.301 e. The summed E-state index contributed by atoms with van der Waals surface area (Å²) < 4.78 is 0. The van der Waals surface area contributed by atoms with Crippen LogP contribution in [-0.2, 0) is 0 Å². The molecule has 0 aliphatic carbocycles. The summed E-state index contributed by atoms with van der Waals surface area (Å²) in [5.41, 5.74) is -0.363. The first kappa shape index (κ1) is 13.5. The molecule has 1 aliphatic rings. The van der Waals surface area contributed by atoms with Crippen LogP contribution in [0.4, 0.5) is 0 Å². The van der Waals surface area contributed by atoms with Crippen molar-refractivity contribution in [3.8, 4) is 6.07 Å². The van der Waals surface area contributed by atoms with Gasteiger partial charge in [0.2, 0.25) is 0 Å². The second kappa shape index (κ2) is 6.22. The predicted molar refractivity (Wildman–Crippen MR) is 67.2 cm³/mol. The first-order valence-electron chi connectivity index (χ1n) is 6.51. The molecule has 0 aromatic carbocycles. The van der Waals surface area contributed by atoms with Gasteiger partial charge >= 0.3 is 0 Å². The van der Waals surface area contributed by atoms with E-state index in [9.17, 15) is 5.26 Å². The second-order valence-electron chi connectivity index (χ2n) is 5.17. The van der Waals surface area contributed by atoms with E-state index in [1.807, 2.05) is 6.92 Å². The Hall–Kier alpha value is -0.590. The van der Waals surface area contributed by atoms with E-state index in [0.29, 0.717) is 6.04 Å². The topological polar surface area (TPSA) is 39.1 Å². The number of hydrogen-bond donors (Lipinski definition) is 1. The molecular weight excluding hydrogens is 198 g/mol. The van der Waals surface area contributed by atoms with Crippen molar-refractivity contribution >= 4 is 0 Å². The molecule has 1 heterocycles. The van der Waals surface area contributed by atoms with E-state index < -0.39 is 0 Å². The molecule has 16 heavy (non-hydrogen) atoms. The summed E-state index contributed by atoms with van der Waals surface area (Å²) >= 11 is 0. The van der Waals surface area contributed by atoms with Gasteiger partial charge in [-0.3, -0.25) is 5.32 Å². The van der Waals surface area contributed by atoms with E-state index in [2.05, 4.69) is 30.1 Å². The summed E-state index contributed by atoms with van der Waals surface area (Å²) in [6.07, 6.45) is 4.63. The fourth-order valence-corrected chi connectivity index (χ4v) is 2.46. The van der Waals surface area contributed by atoms with Crippen LogP contribution < -0.4 is 5.32 Å². The maximum absolute atomic E-state index is 9.27. The third-order valence-corrected chi connectivity index (χ3v) is 3.48. The van der Waals surface area contributed by atoms with Crippen LogP contribution in [0.5, 0.6) is 0 Å². The molecule has 92 valence electrons. The van der Waals surface area contributed by atoms with Crippen molar-refractivity contribution in [1.29, 1.82) is 5.26 Å².